The van der Waals surface area contributed by atoms with Crippen molar-refractivity contribution in [2.75, 3.05) is 13.1 Å². The molecule has 0 aliphatic rings. The van der Waals surface area contributed by atoms with Crippen LogP contribution in [0.25, 0.3) is 0 Å². The Balaban J connectivity index is 5.45. The minimum absolute atomic E-state index is 0.0242. The number of nitrogens with zero attached hydrogens (tertiary/aromatic N) is 4. The molecule has 0 rings (SSSR count). The highest BCUT2D eigenvalue weighted by molar-refractivity contribution is 5.91. The van der Waals surface area contributed by atoms with Crippen LogP contribution in [0.2, 0.25) is 0 Å². The van der Waals surface area contributed by atoms with E-state index in [9.17, 15) is 59.1 Å². The van der Waals surface area contributed by atoms with Crippen molar-refractivity contribution < 1.29 is 48.6 Å². The van der Waals surface area contributed by atoms with E-state index in [1.807, 2.05) is 12.1 Å². The van der Waals surface area contributed by atoms with Gasteiger partial charge >= 0.3 is 24.0 Å². The number of urea groups is 2. The third-order valence-electron chi connectivity index (χ3n) is 8.35. The number of hydrogen-bond donors (Lipinski definition) is 10. The second kappa shape index (κ2) is 24.4. The maximum Gasteiger partial charge on any atom is 0.326 e. The summed E-state index contributed by atoms with van der Waals surface area (Å²) < 4.78 is 0. The maximum atomic E-state index is 13.0. The van der Waals surface area contributed by atoms with E-state index in [0.717, 1.165) is 0 Å². The fourth-order valence-electron chi connectivity index (χ4n) is 4.83. The van der Waals surface area contributed by atoms with Gasteiger partial charge in [-0.25, -0.2) is 19.2 Å². The summed E-state index contributed by atoms with van der Waals surface area (Å²) >= 11 is 0. The monoisotopic (exact) mass is 792 g/mol. The van der Waals surface area contributed by atoms with Crippen molar-refractivity contribution in [3.8, 4) is 12.1 Å². The molecule has 22 nitrogen and oxygen atoms in total. The predicted octanol–water partition coefficient (Wildman–Crippen LogP) is -0.119. The second-order valence-electron chi connectivity index (χ2n) is 14.2. The van der Waals surface area contributed by atoms with Crippen LogP contribution in [0.15, 0.2) is 10.2 Å². The molecule has 0 saturated heterocycles. The summed E-state index contributed by atoms with van der Waals surface area (Å²) in [6.07, 6.45) is -0.643. The summed E-state index contributed by atoms with van der Waals surface area (Å²) in [4.78, 5) is 96.8. The van der Waals surface area contributed by atoms with Crippen LogP contribution in [0.4, 0.5) is 9.59 Å². The lowest BCUT2D eigenvalue weighted by molar-refractivity contribution is -0.143. The number of hydrogen-bond acceptors (Lipinski definition) is 12. The maximum absolute atomic E-state index is 13.0. The minimum Gasteiger partial charge on any atom is -0.480 e. The van der Waals surface area contributed by atoms with Crippen LogP contribution in [0.1, 0.15) is 92.9 Å². The van der Waals surface area contributed by atoms with Crippen molar-refractivity contribution in [1.29, 1.82) is 10.5 Å². The smallest absolute Gasteiger partial charge is 0.326 e. The summed E-state index contributed by atoms with van der Waals surface area (Å²) in [7, 11) is 0. The number of carboxylic acid groups (broad SMARTS) is 2. The summed E-state index contributed by atoms with van der Waals surface area (Å²) in [6, 6.07) is -2.55. The third-order valence-corrected chi connectivity index (χ3v) is 8.35. The van der Waals surface area contributed by atoms with E-state index in [1.54, 1.807) is 27.7 Å². The number of nitriles is 2. The molecule has 6 atom stereocenters. The fraction of sp³-hybridized carbons (Fsp3) is 0.706. The van der Waals surface area contributed by atoms with Crippen molar-refractivity contribution in [3.63, 3.8) is 0 Å². The molecule has 0 aromatic carbocycles. The Morgan fingerprint density at radius 2 is 0.946 bits per heavy atom. The average Bonchev–Trinajstić information content (AvgIpc) is 3.11. The summed E-state index contributed by atoms with van der Waals surface area (Å²) in [6.45, 7) is 9.47. The molecule has 56 heavy (non-hydrogen) atoms. The first-order valence-electron chi connectivity index (χ1n) is 18.0. The predicted molar refractivity (Wildman–Crippen MR) is 198 cm³/mol. The number of amides is 8. The molecule has 0 aromatic heterocycles. The van der Waals surface area contributed by atoms with E-state index in [4.69, 9.17) is 11.5 Å². The third kappa shape index (κ3) is 19.9. The number of carboxylic acids is 2. The van der Waals surface area contributed by atoms with Crippen LogP contribution in [-0.4, -0.2) is 106 Å². The molecule has 0 spiro atoms. The van der Waals surface area contributed by atoms with Gasteiger partial charge in [-0.1, -0.05) is 27.7 Å². The molecule has 0 aliphatic carbocycles. The van der Waals surface area contributed by atoms with Crippen molar-refractivity contribution in [3.05, 3.63) is 0 Å². The van der Waals surface area contributed by atoms with Gasteiger partial charge in [0.25, 0.3) is 0 Å². The SMILES string of the molecule is CC(C)C(NC(=O)CCC(C)(C#N)/N=N/C(C)(C#N)CCC(=O)N[C@H](C(=O)N[C@@H](CCCNC(N)=O)C(=O)O)C(C)C)C(=O)N[C@@H](CCCNC(N)=O)C(=O)O. The van der Waals surface area contributed by atoms with Crippen molar-refractivity contribution in [2.45, 2.75) is 128 Å². The molecule has 0 fully saturated rings. The van der Waals surface area contributed by atoms with Crippen LogP contribution < -0.4 is 43.4 Å². The highest BCUT2D eigenvalue weighted by Gasteiger charge is 2.33. The number of carbonyl (C=O) groups is 8. The van der Waals surface area contributed by atoms with Gasteiger partial charge in [-0.2, -0.15) is 20.8 Å². The Morgan fingerprint density at radius 1 is 0.625 bits per heavy atom. The molecule has 0 aliphatic heterocycles. The Labute approximate surface area is 325 Å². The van der Waals surface area contributed by atoms with Gasteiger partial charge in [0.1, 0.15) is 24.2 Å². The van der Waals surface area contributed by atoms with Crippen LogP contribution in [0, 0.1) is 34.5 Å². The van der Waals surface area contributed by atoms with E-state index in [1.165, 1.54) is 13.8 Å². The quantitative estimate of drug-likeness (QED) is 0.0405. The van der Waals surface area contributed by atoms with Gasteiger partial charge in [0.2, 0.25) is 23.6 Å². The lowest BCUT2D eigenvalue weighted by Gasteiger charge is -2.25. The molecule has 3 unspecified atom stereocenters. The molecule has 0 aromatic rings. The molecule has 0 heterocycles. The van der Waals surface area contributed by atoms with E-state index >= 15 is 0 Å². The molecule has 0 radical (unpaired) electrons. The normalized spacial score (nSPS) is 15.3. The molecule has 22 heteroatoms. The van der Waals surface area contributed by atoms with E-state index in [0.29, 0.717) is 0 Å². The zero-order chi connectivity index (χ0) is 43.2. The lowest BCUT2D eigenvalue weighted by atomic mass is 9.96. The number of nitrogens with one attached hydrogen (secondary N) is 6. The summed E-state index contributed by atoms with van der Waals surface area (Å²) in [5, 5.41) is 61.4. The number of azo groups is 1. The van der Waals surface area contributed by atoms with Crippen molar-refractivity contribution in [2.24, 2.45) is 33.5 Å². The highest BCUT2D eigenvalue weighted by Crippen LogP contribution is 2.24. The topological polar surface area (TPSA) is 374 Å². The number of rotatable bonds is 26. The zero-order valence-corrected chi connectivity index (χ0v) is 32.6. The Hall–Kier alpha value is -6.06. The molecule has 12 N–H and O–H groups in total. The number of primary amides is 2. The standard InChI is InChI=1S/C34H56N12O10/c1-19(2)25(27(49)41-21(29(51)52)9-7-15-39-31(37)55)43-23(47)11-13-33(5,17-35)45-46-34(6,18-36)14-12-24(48)44-26(20(3)4)28(50)42-22(30(53)54)10-8-16-40-32(38)56/h19-22,25-26H,7-16H2,1-6H3,(H,41,49)(H,42,50)(H,43,47)(H,44,48)(H,51,52)(H,53,54)(H3,37,39,55)(H3,38,40,56)/b46-45+/t21-,22-,25-,26?,33?,34?/m0/s1. The molecule has 312 valence electrons. The summed E-state index contributed by atoms with van der Waals surface area (Å²) in [5.41, 5.74) is 6.76. The number of carbonyl (C=O) groups excluding carboxylic acids is 6. The van der Waals surface area contributed by atoms with Gasteiger partial charge in [-0.3, -0.25) is 19.2 Å². The number of aliphatic carboxylic acids is 2. The largest absolute Gasteiger partial charge is 0.480 e. The van der Waals surface area contributed by atoms with Crippen molar-refractivity contribution in [1.82, 2.24) is 31.9 Å². The molecule has 0 bridgehead atoms. The average molecular weight is 793 g/mol. The van der Waals surface area contributed by atoms with Crippen molar-refractivity contribution >= 4 is 47.6 Å². The van der Waals surface area contributed by atoms with Gasteiger partial charge in [0.05, 0.1) is 12.1 Å². The van der Waals surface area contributed by atoms with E-state index in [-0.39, 0.29) is 64.5 Å². The fourth-order valence-corrected chi connectivity index (χ4v) is 4.83. The van der Waals surface area contributed by atoms with Crippen LogP contribution >= 0.6 is 0 Å². The first-order chi connectivity index (χ1) is 26.0. The van der Waals surface area contributed by atoms with Gasteiger partial charge in [-0.15, -0.1) is 0 Å². The van der Waals surface area contributed by atoms with Crippen LogP contribution in [-0.2, 0) is 28.8 Å². The lowest BCUT2D eigenvalue weighted by Crippen LogP contribution is -2.53. The Bertz CT molecular complexity index is 1420. The molecule has 8 amide bonds. The van der Waals surface area contributed by atoms with Gasteiger partial charge < -0.3 is 53.6 Å². The van der Waals surface area contributed by atoms with Gasteiger partial charge in [-0.05, 0) is 64.2 Å². The van der Waals surface area contributed by atoms with Crippen LogP contribution in [0.3, 0.4) is 0 Å². The molecular formula is C34H56N12O10. The summed E-state index contributed by atoms with van der Waals surface area (Å²) in [5.74, 6) is -6.35. The Morgan fingerprint density at radius 3 is 1.20 bits per heavy atom. The van der Waals surface area contributed by atoms with Crippen LogP contribution in [0.5, 0.6) is 0 Å². The van der Waals surface area contributed by atoms with E-state index in [2.05, 4.69) is 42.1 Å². The zero-order valence-electron chi connectivity index (χ0n) is 32.6. The number of nitrogens with two attached hydrogens (primary N) is 2. The first kappa shape index (κ1) is 49.9. The molecule has 0 saturated carbocycles. The second-order valence-corrected chi connectivity index (χ2v) is 14.2. The Kier molecular flexibility index (Phi) is 21.7. The van der Waals surface area contributed by atoms with Gasteiger partial charge in [0, 0.05) is 25.9 Å². The molecular weight excluding hydrogens is 736 g/mol. The highest BCUT2D eigenvalue weighted by atomic mass is 16.4. The first-order valence-corrected chi connectivity index (χ1v) is 18.0. The van der Waals surface area contributed by atoms with E-state index < -0.39 is 94.7 Å². The minimum atomic E-state index is -1.61. The van der Waals surface area contributed by atoms with Gasteiger partial charge in [0.15, 0.2) is 11.1 Å².